The maximum Gasteiger partial charge on any atom is 0.307 e. The highest BCUT2D eigenvalue weighted by atomic mass is 32.2. The summed E-state index contributed by atoms with van der Waals surface area (Å²) in [6.07, 6.45) is 0.741. The number of rotatable bonds is 9. The maximum atomic E-state index is 11.9. The zero-order valence-electron chi connectivity index (χ0n) is 14.2. The number of ether oxygens (including phenoxy) is 1. The lowest BCUT2D eigenvalue weighted by atomic mass is 10.1. The Bertz CT molecular complexity index is 831. The monoisotopic (exact) mass is 396 g/mol. The number of aryl methyl sites for hydroxylation is 1. The highest BCUT2D eigenvalue weighted by Gasteiger charge is 2.15. The summed E-state index contributed by atoms with van der Waals surface area (Å²) in [5, 5.41) is 4.27. The molecule has 140 valence electrons. The van der Waals surface area contributed by atoms with E-state index >= 15 is 0 Å². The second-order valence-corrected chi connectivity index (χ2v) is 8.28. The van der Waals surface area contributed by atoms with E-state index < -0.39 is 28.5 Å². The van der Waals surface area contributed by atoms with Gasteiger partial charge in [-0.1, -0.05) is 25.1 Å². The molecule has 9 heteroatoms. The molecule has 0 atom stereocenters. The smallest absolute Gasteiger partial charge is 0.307 e. The predicted molar refractivity (Wildman–Crippen MR) is 99.5 cm³/mol. The van der Waals surface area contributed by atoms with Crippen LogP contribution < -0.4 is 10.0 Å². The van der Waals surface area contributed by atoms with Crippen LogP contribution in [0.2, 0.25) is 0 Å². The van der Waals surface area contributed by atoms with Crippen molar-refractivity contribution in [3.05, 3.63) is 47.3 Å². The third-order valence-electron chi connectivity index (χ3n) is 3.39. The third kappa shape index (κ3) is 6.25. The normalized spacial score (nSPS) is 11.1. The number of carbonyl (C=O) groups is 2. The van der Waals surface area contributed by atoms with E-state index in [1.807, 2.05) is 19.1 Å². The second-order valence-electron chi connectivity index (χ2n) is 5.34. The van der Waals surface area contributed by atoms with Crippen LogP contribution in [0.4, 0.5) is 5.69 Å². The van der Waals surface area contributed by atoms with Crippen molar-refractivity contribution in [2.45, 2.75) is 24.0 Å². The molecule has 2 aromatic rings. The van der Waals surface area contributed by atoms with Crippen LogP contribution in [0.1, 0.15) is 18.9 Å². The van der Waals surface area contributed by atoms with Crippen molar-refractivity contribution in [2.24, 2.45) is 0 Å². The number of nitrogens with one attached hydrogen (secondary N) is 2. The van der Waals surface area contributed by atoms with Crippen molar-refractivity contribution in [1.29, 1.82) is 0 Å². The number of thiophene rings is 1. The van der Waals surface area contributed by atoms with Gasteiger partial charge in [0, 0.05) is 12.2 Å². The van der Waals surface area contributed by atoms with Crippen LogP contribution in [0.25, 0.3) is 0 Å². The minimum Gasteiger partial charge on any atom is -0.456 e. The molecule has 0 fully saturated rings. The Kier molecular flexibility index (Phi) is 7.31. The van der Waals surface area contributed by atoms with Crippen LogP contribution in [0.15, 0.2) is 46.0 Å². The van der Waals surface area contributed by atoms with Crippen molar-refractivity contribution >= 4 is 38.9 Å². The van der Waals surface area contributed by atoms with Gasteiger partial charge < -0.3 is 10.1 Å². The van der Waals surface area contributed by atoms with Crippen molar-refractivity contribution < 1.29 is 22.7 Å². The van der Waals surface area contributed by atoms with Crippen LogP contribution in [-0.2, 0) is 30.8 Å². The summed E-state index contributed by atoms with van der Waals surface area (Å²) < 4.78 is 31.1. The minimum atomic E-state index is -3.61. The molecule has 0 bridgehead atoms. The summed E-state index contributed by atoms with van der Waals surface area (Å²) >= 11 is 1.09. The fourth-order valence-corrected chi connectivity index (χ4v) is 4.08. The van der Waals surface area contributed by atoms with Gasteiger partial charge in [-0.2, -0.15) is 0 Å². The van der Waals surface area contributed by atoms with Gasteiger partial charge in [0.1, 0.15) is 4.21 Å². The molecule has 0 saturated heterocycles. The molecule has 1 amide bonds. The van der Waals surface area contributed by atoms with Gasteiger partial charge in [-0.05, 0) is 35.6 Å². The van der Waals surface area contributed by atoms with Crippen molar-refractivity contribution in [3.63, 3.8) is 0 Å². The fourth-order valence-electron chi connectivity index (χ4n) is 2.01. The number of sulfonamides is 1. The molecule has 1 aromatic heterocycles. The van der Waals surface area contributed by atoms with E-state index in [0.717, 1.165) is 23.3 Å². The van der Waals surface area contributed by atoms with Crippen LogP contribution in [-0.4, -0.2) is 33.4 Å². The molecule has 0 saturated carbocycles. The molecular formula is C17H20N2O5S2. The molecule has 26 heavy (non-hydrogen) atoms. The number of hydrogen-bond acceptors (Lipinski definition) is 6. The predicted octanol–water partition coefficient (Wildman–Crippen LogP) is 2.16. The Hall–Kier alpha value is -2.23. The summed E-state index contributed by atoms with van der Waals surface area (Å²) in [7, 11) is -3.61. The second kappa shape index (κ2) is 9.46. The lowest BCUT2D eigenvalue weighted by Crippen LogP contribution is -2.27. The molecule has 0 unspecified atom stereocenters. The molecule has 0 spiro atoms. The van der Waals surface area contributed by atoms with Gasteiger partial charge in [0.05, 0.1) is 6.42 Å². The first kappa shape index (κ1) is 20.1. The summed E-state index contributed by atoms with van der Waals surface area (Å²) in [6.45, 7) is 1.51. The van der Waals surface area contributed by atoms with E-state index in [4.69, 9.17) is 4.74 Å². The first-order chi connectivity index (χ1) is 12.4. The van der Waals surface area contributed by atoms with E-state index in [2.05, 4.69) is 10.0 Å². The molecule has 2 N–H and O–H groups in total. The number of anilines is 1. The van der Waals surface area contributed by atoms with Gasteiger partial charge >= 0.3 is 5.97 Å². The quantitative estimate of drug-likeness (QED) is 0.633. The molecule has 7 nitrogen and oxygen atoms in total. The molecule has 1 aromatic carbocycles. The number of carbonyl (C=O) groups excluding carboxylic acids is 2. The standard InChI is InChI=1S/C17H20N2O5S2/c1-2-13-5-7-14(8-6-13)19-15(20)12-24-16(21)9-10-18-26(22,23)17-4-3-11-25-17/h3-8,11,18H,2,9-10,12H2,1H3,(H,19,20). The van der Waals surface area contributed by atoms with Crippen molar-refractivity contribution in [2.75, 3.05) is 18.5 Å². The van der Waals surface area contributed by atoms with E-state index in [-0.39, 0.29) is 17.2 Å². The molecule has 0 aliphatic carbocycles. The highest BCUT2D eigenvalue weighted by Crippen LogP contribution is 2.15. The zero-order valence-corrected chi connectivity index (χ0v) is 15.9. The van der Waals surface area contributed by atoms with Gasteiger partial charge in [-0.15, -0.1) is 11.3 Å². The maximum absolute atomic E-state index is 11.9. The Morgan fingerprint density at radius 1 is 1.15 bits per heavy atom. The summed E-state index contributed by atoms with van der Waals surface area (Å²) in [6, 6.07) is 10.5. The van der Waals surface area contributed by atoms with Crippen molar-refractivity contribution in [3.8, 4) is 0 Å². The zero-order chi connectivity index (χ0) is 19.0. The SMILES string of the molecule is CCc1ccc(NC(=O)COC(=O)CCNS(=O)(=O)c2cccs2)cc1. The number of benzene rings is 1. The van der Waals surface area contributed by atoms with Gasteiger partial charge in [-0.25, -0.2) is 13.1 Å². The number of amides is 1. The Morgan fingerprint density at radius 3 is 2.50 bits per heavy atom. The average molecular weight is 396 g/mol. The molecule has 0 aliphatic heterocycles. The van der Waals surface area contributed by atoms with Gasteiger partial charge in [-0.3, -0.25) is 9.59 Å². The molecule has 1 heterocycles. The van der Waals surface area contributed by atoms with Crippen LogP contribution in [0.3, 0.4) is 0 Å². The van der Waals surface area contributed by atoms with Gasteiger partial charge in [0.15, 0.2) is 6.61 Å². The molecule has 2 rings (SSSR count). The molecule has 0 radical (unpaired) electrons. The third-order valence-corrected chi connectivity index (χ3v) is 6.25. The van der Waals surface area contributed by atoms with E-state index in [0.29, 0.717) is 5.69 Å². The largest absolute Gasteiger partial charge is 0.456 e. The first-order valence-corrected chi connectivity index (χ1v) is 10.3. The molecule has 0 aliphatic rings. The molecular weight excluding hydrogens is 376 g/mol. The minimum absolute atomic E-state index is 0.0981. The number of esters is 1. The number of hydrogen-bond donors (Lipinski definition) is 2. The Morgan fingerprint density at radius 2 is 1.88 bits per heavy atom. The fraction of sp³-hybridized carbons (Fsp3) is 0.294. The van der Waals surface area contributed by atoms with Crippen molar-refractivity contribution in [1.82, 2.24) is 4.72 Å². The summed E-state index contributed by atoms with van der Waals surface area (Å²) in [4.78, 5) is 23.4. The van der Waals surface area contributed by atoms with Gasteiger partial charge in [0.25, 0.3) is 5.91 Å². The Labute approximate surface area is 156 Å². The average Bonchev–Trinajstić information content (AvgIpc) is 3.16. The van der Waals surface area contributed by atoms with E-state index in [9.17, 15) is 18.0 Å². The van der Waals surface area contributed by atoms with Crippen LogP contribution in [0.5, 0.6) is 0 Å². The lowest BCUT2D eigenvalue weighted by molar-refractivity contribution is -0.147. The van der Waals surface area contributed by atoms with E-state index in [1.54, 1.807) is 23.6 Å². The van der Waals surface area contributed by atoms with Gasteiger partial charge in [0.2, 0.25) is 10.0 Å². The topological polar surface area (TPSA) is 102 Å². The van der Waals surface area contributed by atoms with Crippen LogP contribution in [0, 0.1) is 0 Å². The summed E-state index contributed by atoms with van der Waals surface area (Å²) in [5.41, 5.74) is 1.77. The highest BCUT2D eigenvalue weighted by molar-refractivity contribution is 7.91. The Balaban J connectivity index is 1.68. The van der Waals surface area contributed by atoms with E-state index in [1.165, 1.54) is 6.07 Å². The lowest BCUT2D eigenvalue weighted by Gasteiger charge is -2.08. The summed E-state index contributed by atoms with van der Waals surface area (Å²) in [5.74, 6) is -1.11. The first-order valence-electron chi connectivity index (χ1n) is 7.98. The van der Waals surface area contributed by atoms with Crippen LogP contribution >= 0.6 is 11.3 Å².